The van der Waals surface area contributed by atoms with Gasteiger partial charge in [-0.05, 0) is 104 Å². The first-order chi connectivity index (χ1) is 15.9. The van der Waals surface area contributed by atoms with E-state index in [9.17, 15) is 20.4 Å². The van der Waals surface area contributed by atoms with Crippen LogP contribution in [0.25, 0.3) is 0 Å². The Morgan fingerprint density at radius 3 is 1.91 bits per heavy atom. The summed E-state index contributed by atoms with van der Waals surface area (Å²) < 4.78 is 0. The minimum absolute atomic E-state index is 0.0620. The van der Waals surface area contributed by atoms with Gasteiger partial charge in [-0.2, -0.15) is 0 Å². The van der Waals surface area contributed by atoms with Crippen LogP contribution in [0.2, 0.25) is 0 Å². The lowest BCUT2D eigenvalue weighted by Crippen LogP contribution is -2.60. The van der Waals surface area contributed by atoms with Gasteiger partial charge < -0.3 is 20.4 Å². The molecule has 0 aromatic rings. The van der Waals surface area contributed by atoms with Gasteiger partial charge >= 0.3 is 0 Å². The van der Waals surface area contributed by atoms with Gasteiger partial charge in [-0.25, -0.2) is 0 Å². The molecule has 5 aliphatic rings. The fourth-order valence-corrected chi connectivity index (χ4v) is 11.0. The monoisotopic (exact) mass is 474 g/mol. The van der Waals surface area contributed by atoms with E-state index < -0.39 is 23.0 Å². The summed E-state index contributed by atoms with van der Waals surface area (Å²) >= 11 is 0. The van der Waals surface area contributed by atoms with Gasteiger partial charge in [-0.3, -0.25) is 0 Å². The first-order valence-electron chi connectivity index (χ1n) is 14.2. The van der Waals surface area contributed by atoms with E-state index in [0.29, 0.717) is 23.7 Å². The van der Waals surface area contributed by atoms with Crippen molar-refractivity contribution in [1.82, 2.24) is 0 Å². The molecular weight excluding hydrogens is 424 g/mol. The van der Waals surface area contributed by atoms with E-state index in [0.717, 1.165) is 38.5 Å². The second-order valence-electron chi connectivity index (χ2n) is 14.6. The van der Waals surface area contributed by atoms with E-state index in [2.05, 4.69) is 40.7 Å². The molecule has 0 aromatic carbocycles. The number of fused-ring (bicyclic) bond motifs is 6. The Labute approximate surface area is 207 Å². The van der Waals surface area contributed by atoms with Gasteiger partial charge in [0.05, 0.1) is 25.4 Å². The summed E-state index contributed by atoms with van der Waals surface area (Å²) in [5.41, 5.74) is 1.39. The molecule has 0 heterocycles. The lowest BCUT2D eigenvalue weighted by atomic mass is 9.42. The lowest BCUT2D eigenvalue weighted by Gasteiger charge is -2.64. The van der Waals surface area contributed by atoms with Crippen LogP contribution in [0.3, 0.4) is 0 Å². The summed E-state index contributed by atoms with van der Waals surface area (Å²) in [6, 6.07) is 0. The number of aliphatic hydroxyl groups excluding tert-OH is 4. The Bertz CT molecular complexity index is 840. The van der Waals surface area contributed by atoms with Crippen LogP contribution in [0, 0.1) is 50.7 Å². The number of rotatable bonds is 2. The van der Waals surface area contributed by atoms with Crippen molar-refractivity contribution in [3.63, 3.8) is 0 Å². The molecule has 4 fully saturated rings. The second-order valence-corrected chi connectivity index (χ2v) is 14.6. The molecule has 4 heteroatoms. The quantitative estimate of drug-likeness (QED) is 0.421. The smallest absolute Gasteiger partial charge is 0.0618 e. The SMILES string of the molecule is C[C@@]12CC[C@@H]3[C@](C)(CC[C@H](O)[C@]3(C)CO)[C@H]1CC[C@H]1C(=CC[C@H]3[C@](C)(CO)[C@H](O)CC[C@@]31C)C2. The van der Waals surface area contributed by atoms with Gasteiger partial charge in [-0.15, -0.1) is 0 Å². The molecule has 11 atom stereocenters. The topological polar surface area (TPSA) is 80.9 Å². The minimum Gasteiger partial charge on any atom is -0.396 e. The van der Waals surface area contributed by atoms with Crippen LogP contribution in [0.4, 0.5) is 0 Å². The Kier molecular flexibility index (Phi) is 5.97. The van der Waals surface area contributed by atoms with E-state index >= 15 is 0 Å². The highest BCUT2D eigenvalue weighted by Crippen LogP contribution is 2.70. The summed E-state index contributed by atoms with van der Waals surface area (Å²) in [5, 5.41) is 42.6. The Morgan fingerprint density at radius 1 is 0.706 bits per heavy atom. The highest BCUT2D eigenvalue weighted by Gasteiger charge is 2.64. The summed E-state index contributed by atoms with van der Waals surface area (Å²) in [5.74, 6) is 1.82. The van der Waals surface area contributed by atoms with E-state index in [4.69, 9.17) is 0 Å². The summed E-state index contributed by atoms with van der Waals surface area (Å²) in [6.45, 7) is 11.9. The van der Waals surface area contributed by atoms with Crippen molar-refractivity contribution in [3.8, 4) is 0 Å². The maximum atomic E-state index is 10.9. The van der Waals surface area contributed by atoms with Crippen molar-refractivity contribution in [1.29, 1.82) is 0 Å². The molecule has 0 unspecified atom stereocenters. The number of aliphatic hydroxyl groups is 4. The Balaban J connectivity index is 1.50. The molecule has 0 bridgehead atoms. The van der Waals surface area contributed by atoms with E-state index in [1.165, 1.54) is 25.7 Å². The zero-order chi connectivity index (χ0) is 24.7. The van der Waals surface area contributed by atoms with Crippen LogP contribution in [0.15, 0.2) is 11.6 Å². The van der Waals surface area contributed by atoms with Gasteiger partial charge in [0, 0.05) is 10.8 Å². The largest absolute Gasteiger partial charge is 0.396 e. The summed E-state index contributed by atoms with van der Waals surface area (Å²) in [7, 11) is 0. The van der Waals surface area contributed by atoms with Gasteiger partial charge in [0.2, 0.25) is 0 Å². The van der Waals surface area contributed by atoms with Gasteiger partial charge in [-0.1, -0.05) is 46.3 Å². The van der Waals surface area contributed by atoms with Crippen molar-refractivity contribution in [2.75, 3.05) is 13.2 Å². The van der Waals surface area contributed by atoms with E-state index in [-0.39, 0.29) is 29.5 Å². The third kappa shape index (κ3) is 3.17. The molecule has 5 rings (SSSR count). The molecule has 0 amide bonds. The van der Waals surface area contributed by atoms with Crippen LogP contribution in [0.5, 0.6) is 0 Å². The normalized spacial score (nSPS) is 57.4. The van der Waals surface area contributed by atoms with Crippen LogP contribution in [0.1, 0.15) is 98.8 Å². The molecule has 0 radical (unpaired) electrons. The Hall–Kier alpha value is -0.420. The fraction of sp³-hybridized carbons (Fsp3) is 0.933. The highest BCUT2D eigenvalue weighted by atomic mass is 16.3. The standard InChI is InChI=1S/C30H50O4/c1-26-13-10-23-28(3,15-12-25(34)30(23,5)18-32)21(26)9-7-20-19(16-26)6-8-22-27(20,2)14-11-24(33)29(22,4)17-31/h6,20-25,31-34H,7-18H2,1-5H3/t20-,21-,22+,23+,24+,25-,26-,27+,28+,29-,30+/m0/s1. The third-order valence-electron chi connectivity index (χ3n) is 13.2. The van der Waals surface area contributed by atoms with Crippen molar-refractivity contribution in [3.05, 3.63) is 11.6 Å². The average Bonchev–Trinajstić information content (AvgIpc) is 2.96. The molecular formula is C30H50O4. The average molecular weight is 475 g/mol. The molecule has 0 spiro atoms. The van der Waals surface area contributed by atoms with Crippen molar-refractivity contribution < 1.29 is 20.4 Å². The van der Waals surface area contributed by atoms with Crippen molar-refractivity contribution in [2.45, 2.75) is 111 Å². The van der Waals surface area contributed by atoms with E-state index in [1.54, 1.807) is 5.57 Å². The summed E-state index contributed by atoms with van der Waals surface area (Å²) in [4.78, 5) is 0. The molecule has 4 N–H and O–H groups in total. The van der Waals surface area contributed by atoms with Crippen LogP contribution in [-0.2, 0) is 0 Å². The molecule has 4 nitrogen and oxygen atoms in total. The Morgan fingerprint density at radius 2 is 1.29 bits per heavy atom. The van der Waals surface area contributed by atoms with E-state index in [1.807, 2.05) is 0 Å². The highest BCUT2D eigenvalue weighted by molar-refractivity contribution is 5.25. The van der Waals surface area contributed by atoms with Gasteiger partial charge in [0.1, 0.15) is 0 Å². The van der Waals surface area contributed by atoms with Crippen molar-refractivity contribution >= 4 is 0 Å². The minimum atomic E-state index is -0.419. The second kappa shape index (κ2) is 8.04. The van der Waals surface area contributed by atoms with Crippen LogP contribution >= 0.6 is 0 Å². The van der Waals surface area contributed by atoms with Crippen molar-refractivity contribution in [2.24, 2.45) is 50.7 Å². The zero-order valence-electron chi connectivity index (χ0n) is 22.3. The number of hydrogen-bond acceptors (Lipinski definition) is 4. The molecule has 0 aliphatic heterocycles. The molecule has 34 heavy (non-hydrogen) atoms. The van der Waals surface area contributed by atoms with Gasteiger partial charge in [0.15, 0.2) is 0 Å². The number of allylic oxidation sites excluding steroid dienone is 2. The first-order valence-corrected chi connectivity index (χ1v) is 14.2. The predicted molar refractivity (Wildman–Crippen MR) is 135 cm³/mol. The maximum Gasteiger partial charge on any atom is 0.0618 e. The van der Waals surface area contributed by atoms with Gasteiger partial charge in [0.25, 0.3) is 0 Å². The fourth-order valence-electron chi connectivity index (χ4n) is 11.0. The predicted octanol–water partition coefficient (Wildman–Crippen LogP) is 5.08. The lowest BCUT2D eigenvalue weighted by molar-refractivity contribution is -0.189. The molecule has 0 saturated heterocycles. The molecule has 0 aromatic heterocycles. The molecule has 5 aliphatic carbocycles. The zero-order valence-corrected chi connectivity index (χ0v) is 22.3. The van der Waals surface area contributed by atoms with Crippen LogP contribution < -0.4 is 0 Å². The first kappa shape index (κ1) is 25.2. The molecule has 194 valence electrons. The number of hydrogen-bond donors (Lipinski definition) is 4. The summed E-state index contributed by atoms with van der Waals surface area (Å²) in [6.07, 6.45) is 12.2. The molecule has 4 saturated carbocycles. The maximum absolute atomic E-state index is 10.9. The third-order valence-corrected chi connectivity index (χ3v) is 13.2. The van der Waals surface area contributed by atoms with Crippen LogP contribution in [-0.4, -0.2) is 45.8 Å².